The Morgan fingerprint density at radius 1 is 1.48 bits per heavy atom. The lowest BCUT2D eigenvalue weighted by molar-refractivity contribution is 0.390. The summed E-state index contributed by atoms with van der Waals surface area (Å²) >= 11 is 0. The standard InChI is InChI=1S/C16H23FN4/c1-2-7-18-10-12-4-3-8-21(11-12)16-19-14-6-5-13(17)9-15(14)20-16/h5-6,9,12,18H,2-4,7-8,10-11H2,1H3,(H,19,20). The number of aromatic amines is 1. The highest BCUT2D eigenvalue weighted by Crippen LogP contribution is 2.23. The summed E-state index contributed by atoms with van der Waals surface area (Å²) in [6.45, 7) is 6.37. The van der Waals surface area contributed by atoms with Gasteiger partial charge in [-0.05, 0) is 56.5 Å². The number of benzene rings is 1. The van der Waals surface area contributed by atoms with Crippen LogP contribution in [0.25, 0.3) is 11.0 Å². The number of hydrogen-bond acceptors (Lipinski definition) is 3. The number of anilines is 1. The maximum atomic E-state index is 13.3. The Bertz CT molecular complexity index is 595. The highest BCUT2D eigenvalue weighted by molar-refractivity contribution is 5.77. The fourth-order valence-corrected chi connectivity index (χ4v) is 3.03. The number of H-pyrrole nitrogens is 1. The molecule has 2 N–H and O–H groups in total. The molecule has 114 valence electrons. The van der Waals surface area contributed by atoms with E-state index in [1.165, 1.54) is 31.4 Å². The molecule has 0 radical (unpaired) electrons. The van der Waals surface area contributed by atoms with Gasteiger partial charge in [-0.3, -0.25) is 0 Å². The summed E-state index contributed by atoms with van der Waals surface area (Å²) < 4.78 is 13.3. The fourth-order valence-electron chi connectivity index (χ4n) is 3.03. The van der Waals surface area contributed by atoms with E-state index in [9.17, 15) is 4.39 Å². The molecule has 0 amide bonds. The first kappa shape index (κ1) is 14.3. The Morgan fingerprint density at radius 3 is 3.24 bits per heavy atom. The lowest BCUT2D eigenvalue weighted by Gasteiger charge is -2.32. The van der Waals surface area contributed by atoms with Gasteiger partial charge < -0.3 is 15.2 Å². The molecule has 1 aromatic heterocycles. The number of hydrogen-bond donors (Lipinski definition) is 2. The third-order valence-electron chi connectivity index (χ3n) is 4.11. The first-order valence-electron chi connectivity index (χ1n) is 7.87. The second-order valence-electron chi connectivity index (χ2n) is 5.88. The first-order valence-corrected chi connectivity index (χ1v) is 7.87. The third-order valence-corrected chi connectivity index (χ3v) is 4.11. The summed E-state index contributed by atoms with van der Waals surface area (Å²) in [6.07, 6.45) is 3.62. The monoisotopic (exact) mass is 290 g/mol. The van der Waals surface area contributed by atoms with Gasteiger partial charge in [0.1, 0.15) is 5.82 Å². The molecule has 1 aliphatic heterocycles. The number of rotatable bonds is 5. The maximum absolute atomic E-state index is 13.3. The van der Waals surface area contributed by atoms with Crippen molar-refractivity contribution in [1.82, 2.24) is 15.3 Å². The van der Waals surface area contributed by atoms with Gasteiger partial charge in [-0.2, -0.15) is 0 Å². The summed E-state index contributed by atoms with van der Waals surface area (Å²) in [5, 5.41) is 3.50. The van der Waals surface area contributed by atoms with Crippen molar-refractivity contribution >= 4 is 17.0 Å². The molecule has 2 heterocycles. The Hall–Kier alpha value is -1.62. The summed E-state index contributed by atoms with van der Waals surface area (Å²) in [5.41, 5.74) is 1.61. The Labute approximate surface area is 124 Å². The van der Waals surface area contributed by atoms with E-state index in [1.807, 2.05) is 0 Å². The molecular formula is C16H23FN4. The number of aromatic nitrogens is 2. The van der Waals surface area contributed by atoms with Gasteiger partial charge in [-0.15, -0.1) is 0 Å². The minimum Gasteiger partial charge on any atom is -0.342 e. The van der Waals surface area contributed by atoms with Crippen LogP contribution < -0.4 is 10.2 Å². The van der Waals surface area contributed by atoms with E-state index in [0.717, 1.165) is 43.2 Å². The van der Waals surface area contributed by atoms with E-state index in [2.05, 4.69) is 27.1 Å². The molecule has 1 fully saturated rings. The molecule has 1 aliphatic rings. The van der Waals surface area contributed by atoms with Crippen LogP contribution in [0.1, 0.15) is 26.2 Å². The molecule has 0 spiro atoms. The summed E-state index contributed by atoms with van der Waals surface area (Å²) in [5.74, 6) is 1.31. The molecule has 0 saturated carbocycles. The highest BCUT2D eigenvalue weighted by Gasteiger charge is 2.21. The topological polar surface area (TPSA) is 44.0 Å². The zero-order valence-corrected chi connectivity index (χ0v) is 12.5. The van der Waals surface area contributed by atoms with E-state index < -0.39 is 0 Å². The molecule has 1 saturated heterocycles. The quantitative estimate of drug-likeness (QED) is 0.832. The minimum atomic E-state index is -0.224. The highest BCUT2D eigenvalue weighted by atomic mass is 19.1. The summed E-state index contributed by atoms with van der Waals surface area (Å²) in [4.78, 5) is 10.1. The second-order valence-corrected chi connectivity index (χ2v) is 5.88. The van der Waals surface area contributed by atoms with Crippen LogP contribution in [0.15, 0.2) is 18.2 Å². The maximum Gasteiger partial charge on any atom is 0.203 e. The Balaban J connectivity index is 1.69. The first-order chi connectivity index (χ1) is 10.3. The molecule has 0 bridgehead atoms. The number of nitrogens with one attached hydrogen (secondary N) is 2. The minimum absolute atomic E-state index is 0.224. The lowest BCUT2D eigenvalue weighted by Crippen LogP contribution is -2.40. The van der Waals surface area contributed by atoms with Crippen molar-refractivity contribution in [3.8, 4) is 0 Å². The fraction of sp³-hybridized carbons (Fsp3) is 0.562. The Kier molecular flexibility index (Phi) is 4.39. The molecule has 4 nitrogen and oxygen atoms in total. The van der Waals surface area contributed by atoms with Crippen molar-refractivity contribution in [2.75, 3.05) is 31.1 Å². The summed E-state index contributed by atoms with van der Waals surface area (Å²) in [7, 11) is 0. The molecule has 3 rings (SSSR count). The molecule has 21 heavy (non-hydrogen) atoms. The molecule has 0 aliphatic carbocycles. The zero-order chi connectivity index (χ0) is 14.7. The van der Waals surface area contributed by atoms with Gasteiger partial charge in [0, 0.05) is 13.1 Å². The SMILES string of the molecule is CCCNCC1CCCN(c2nc3ccc(F)cc3[nH]2)C1. The average molecular weight is 290 g/mol. The smallest absolute Gasteiger partial charge is 0.203 e. The van der Waals surface area contributed by atoms with E-state index in [1.54, 1.807) is 6.07 Å². The van der Waals surface area contributed by atoms with Crippen LogP contribution in [0, 0.1) is 11.7 Å². The zero-order valence-electron chi connectivity index (χ0n) is 12.5. The van der Waals surface area contributed by atoms with Crippen LogP contribution in [0.2, 0.25) is 0 Å². The predicted molar refractivity (Wildman–Crippen MR) is 84.1 cm³/mol. The van der Waals surface area contributed by atoms with Gasteiger partial charge in [0.2, 0.25) is 5.95 Å². The van der Waals surface area contributed by atoms with Crippen LogP contribution >= 0.6 is 0 Å². The van der Waals surface area contributed by atoms with Crippen molar-refractivity contribution < 1.29 is 4.39 Å². The number of fused-ring (bicyclic) bond motifs is 1. The van der Waals surface area contributed by atoms with E-state index >= 15 is 0 Å². The Morgan fingerprint density at radius 2 is 2.38 bits per heavy atom. The van der Waals surface area contributed by atoms with Gasteiger partial charge in [-0.25, -0.2) is 9.37 Å². The van der Waals surface area contributed by atoms with E-state index in [-0.39, 0.29) is 5.82 Å². The lowest BCUT2D eigenvalue weighted by atomic mass is 9.98. The van der Waals surface area contributed by atoms with Gasteiger partial charge in [-0.1, -0.05) is 6.92 Å². The number of nitrogens with zero attached hydrogens (tertiary/aromatic N) is 2. The van der Waals surface area contributed by atoms with Gasteiger partial charge in [0.15, 0.2) is 0 Å². The molecule has 1 aromatic carbocycles. The largest absolute Gasteiger partial charge is 0.342 e. The van der Waals surface area contributed by atoms with Gasteiger partial charge >= 0.3 is 0 Å². The van der Waals surface area contributed by atoms with Crippen molar-refractivity contribution in [3.63, 3.8) is 0 Å². The number of piperidine rings is 1. The number of imidazole rings is 1. The molecule has 1 atom stereocenters. The van der Waals surface area contributed by atoms with Crippen molar-refractivity contribution in [2.45, 2.75) is 26.2 Å². The van der Waals surface area contributed by atoms with Crippen molar-refractivity contribution in [1.29, 1.82) is 0 Å². The van der Waals surface area contributed by atoms with Crippen LogP contribution in [-0.4, -0.2) is 36.1 Å². The van der Waals surface area contributed by atoms with Crippen LogP contribution in [0.3, 0.4) is 0 Å². The third kappa shape index (κ3) is 3.35. The van der Waals surface area contributed by atoms with E-state index in [4.69, 9.17) is 0 Å². The second kappa shape index (κ2) is 6.43. The van der Waals surface area contributed by atoms with Gasteiger partial charge in [0.05, 0.1) is 11.0 Å². The molecular weight excluding hydrogens is 267 g/mol. The van der Waals surface area contributed by atoms with Crippen molar-refractivity contribution in [3.05, 3.63) is 24.0 Å². The predicted octanol–water partition coefficient (Wildman–Crippen LogP) is 2.92. The van der Waals surface area contributed by atoms with E-state index in [0.29, 0.717) is 5.92 Å². The summed E-state index contributed by atoms with van der Waals surface area (Å²) in [6, 6.07) is 4.70. The molecule has 1 unspecified atom stereocenters. The van der Waals surface area contributed by atoms with Crippen LogP contribution in [0.4, 0.5) is 10.3 Å². The van der Waals surface area contributed by atoms with Crippen LogP contribution in [0.5, 0.6) is 0 Å². The molecule has 5 heteroatoms. The normalized spacial score (nSPS) is 19.3. The average Bonchev–Trinajstić information content (AvgIpc) is 2.91. The van der Waals surface area contributed by atoms with Crippen molar-refractivity contribution in [2.24, 2.45) is 5.92 Å². The van der Waals surface area contributed by atoms with Gasteiger partial charge in [0.25, 0.3) is 0 Å². The number of halogens is 1. The van der Waals surface area contributed by atoms with Crippen LogP contribution in [-0.2, 0) is 0 Å². The molecule has 2 aromatic rings.